The summed E-state index contributed by atoms with van der Waals surface area (Å²) in [4.78, 5) is 26.4. The molecule has 2 aromatic rings. The highest BCUT2D eigenvalue weighted by molar-refractivity contribution is 5.92. The molecule has 3 heterocycles. The zero-order valence-electron chi connectivity index (χ0n) is 15.3. The van der Waals surface area contributed by atoms with Gasteiger partial charge in [-0.2, -0.15) is 5.10 Å². The summed E-state index contributed by atoms with van der Waals surface area (Å²) in [5.74, 6) is 0.398. The van der Waals surface area contributed by atoms with Crippen LogP contribution in [0, 0.1) is 13.8 Å². The predicted octanol–water partition coefficient (Wildman–Crippen LogP) is 1.13. The second-order valence-corrected chi connectivity index (χ2v) is 6.75. The molecule has 26 heavy (non-hydrogen) atoms. The van der Waals surface area contributed by atoms with Crippen LogP contribution in [-0.2, 0) is 6.54 Å². The maximum atomic E-state index is 12.2. The Balaban J connectivity index is 1.56. The molecular formula is C18H25N5O3. The van der Waals surface area contributed by atoms with Gasteiger partial charge in [-0.1, -0.05) is 11.6 Å². The summed E-state index contributed by atoms with van der Waals surface area (Å²) in [5, 5.41) is 11.0. The van der Waals surface area contributed by atoms with Crippen molar-refractivity contribution in [3.63, 3.8) is 0 Å². The maximum absolute atomic E-state index is 12.2. The molecule has 140 valence electrons. The number of carbonyl (C=O) groups is 1. The monoisotopic (exact) mass is 359 g/mol. The van der Waals surface area contributed by atoms with E-state index in [1.54, 1.807) is 25.1 Å². The summed E-state index contributed by atoms with van der Waals surface area (Å²) in [5.41, 5.74) is 1.05. The smallest absolute Gasteiger partial charge is 0.273 e. The molecule has 2 aromatic heterocycles. The highest BCUT2D eigenvalue weighted by atomic mass is 16.5. The number of nitrogens with one attached hydrogen (secondary N) is 1. The van der Waals surface area contributed by atoms with Gasteiger partial charge in [0.1, 0.15) is 5.76 Å². The number of hydrogen-bond donors (Lipinski definition) is 1. The lowest BCUT2D eigenvalue weighted by Gasteiger charge is -2.35. The molecule has 1 aliphatic rings. The molecule has 1 N–H and O–H groups in total. The van der Waals surface area contributed by atoms with Gasteiger partial charge in [-0.05, 0) is 39.3 Å². The second-order valence-electron chi connectivity index (χ2n) is 6.75. The van der Waals surface area contributed by atoms with Crippen LogP contribution in [0.2, 0.25) is 0 Å². The molecule has 1 unspecified atom stereocenters. The summed E-state index contributed by atoms with van der Waals surface area (Å²) in [7, 11) is 0. The molecule has 1 saturated heterocycles. The number of amides is 1. The van der Waals surface area contributed by atoms with Crippen molar-refractivity contribution < 1.29 is 9.32 Å². The fourth-order valence-electron chi connectivity index (χ4n) is 3.29. The normalized spacial score (nSPS) is 18.0. The average molecular weight is 359 g/mol. The van der Waals surface area contributed by atoms with Gasteiger partial charge in [0.15, 0.2) is 5.69 Å². The second kappa shape index (κ2) is 8.27. The van der Waals surface area contributed by atoms with Crippen LogP contribution in [0.25, 0.3) is 0 Å². The molecular weight excluding hydrogens is 334 g/mol. The average Bonchev–Trinajstić information content (AvgIpc) is 3.07. The Morgan fingerprint density at radius 1 is 1.31 bits per heavy atom. The summed E-state index contributed by atoms with van der Waals surface area (Å²) in [6.45, 7) is 6.44. The fourth-order valence-corrected chi connectivity index (χ4v) is 3.29. The first kappa shape index (κ1) is 18.3. The van der Waals surface area contributed by atoms with Gasteiger partial charge in [0, 0.05) is 31.3 Å². The maximum Gasteiger partial charge on any atom is 0.273 e. The minimum atomic E-state index is -0.219. The van der Waals surface area contributed by atoms with Gasteiger partial charge in [-0.3, -0.25) is 14.5 Å². The van der Waals surface area contributed by atoms with Gasteiger partial charge in [0.05, 0.1) is 12.2 Å². The highest BCUT2D eigenvalue weighted by Gasteiger charge is 2.23. The van der Waals surface area contributed by atoms with Crippen LogP contribution in [0.15, 0.2) is 27.5 Å². The lowest BCUT2D eigenvalue weighted by atomic mass is 10.0. The number of piperidine rings is 1. The number of carbonyl (C=O) groups excluding carboxylic acids is 1. The number of likely N-dealkylation sites (tertiary alicyclic amines) is 1. The number of aryl methyl sites for hydroxylation is 2. The fraction of sp³-hybridized carbons (Fsp3) is 0.556. The molecule has 0 aromatic carbocycles. The van der Waals surface area contributed by atoms with Gasteiger partial charge in [-0.15, -0.1) is 0 Å². The Bertz CT molecular complexity index is 813. The van der Waals surface area contributed by atoms with Crippen molar-refractivity contribution in [2.24, 2.45) is 0 Å². The van der Waals surface area contributed by atoms with E-state index in [-0.39, 0.29) is 17.5 Å². The minimum absolute atomic E-state index is 0.0844. The van der Waals surface area contributed by atoms with Gasteiger partial charge in [0.25, 0.3) is 11.5 Å². The van der Waals surface area contributed by atoms with Gasteiger partial charge < -0.3 is 9.84 Å². The molecule has 8 nitrogen and oxygen atoms in total. The Morgan fingerprint density at radius 2 is 2.15 bits per heavy atom. The van der Waals surface area contributed by atoms with E-state index in [0.29, 0.717) is 24.5 Å². The van der Waals surface area contributed by atoms with E-state index >= 15 is 0 Å². The molecule has 8 heteroatoms. The summed E-state index contributed by atoms with van der Waals surface area (Å²) >= 11 is 0. The van der Waals surface area contributed by atoms with E-state index < -0.39 is 0 Å². The van der Waals surface area contributed by atoms with Crippen molar-refractivity contribution in [1.82, 2.24) is 25.2 Å². The van der Waals surface area contributed by atoms with Crippen LogP contribution < -0.4 is 10.9 Å². The summed E-state index contributed by atoms with van der Waals surface area (Å²) in [6, 6.07) is 5.16. The molecule has 1 amide bonds. The number of hydrogen-bond acceptors (Lipinski definition) is 6. The van der Waals surface area contributed by atoms with Crippen molar-refractivity contribution in [1.29, 1.82) is 0 Å². The van der Waals surface area contributed by atoms with E-state index in [1.165, 1.54) is 4.68 Å². The molecule has 1 fully saturated rings. The van der Waals surface area contributed by atoms with Crippen molar-refractivity contribution in [2.45, 2.75) is 45.7 Å². The molecule has 1 atom stereocenters. The van der Waals surface area contributed by atoms with Gasteiger partial charge in [0.2, 0.25) is 0 Å². The van der Waals surface area contributed by atoms with E-state index in [0.717, 1.165) is 38.0 Å². The molecule has 0 bridgehead atoms. The van der Waals surface area contributed by atoms with E-state index in [1.807, 2.05) is 6.92 Å². The molecule has 0 saturated carbocycles. The Kier molecular flexibility index (Phi) is 5.82. The van der Waals surface area contributed by atoms with Crippen molar-refractivity contribution in [3.8, 4) is 0 Å². The number of aromatic nitrogens is 3. The standard InChI is InChI=1S/C18H25N5O3/c1-13-6-7-17(24)23(20-13)10-9-22-8-4-3-5-15(22)12-19-18(25)16-11-14(2)26-21-16/h6-7,11,15H,3-5,8-10,12H2,1-2H3,(H,19,25). The third kappa shape index (κ3) is 4.57. The molecule has 0 aliphatic carbocycles. The lowest BCUT2D eigenvalue weighted by Crippen LogP contribution is -2.48. The topological polar surface area (TPSA) is 93.3 Å². The van der Waals surface area contributed by atoms with E-state index in [4.69, 9.17) is 4.52 Å². The predicted molar refractivity (Wildman–Crippen MR) is 96.0 cm³/mol. The first-order chi connectivity index (χ1) is 12.5. The highest BCUT2D eigenvalue weighted by Crippen LogP contribution is 2.16. The third-order valence-corrected chi connectivity index (χ3v) is 4.71. The summed E-state index contributed by atoms with van der Waals surface area (Å²) in [6.07, 6.45) is 3.29. The van der Waals surface area contributed by atoms with Crippen LogP contribution >= 0.6 is 0 Å². The minimum Gasteiger partial charge on any atom is -0.361 e. The van der Waals surface area contributed by atoms with Gasteiger partial charge in [-0.25, -0.2) is 4.68 Å². The van der Waals surface area contributed by atoms with E-state index in [9.17, 15) is 9.59 Å². The SMILES string of the molecule is Cc1ccc(=O)n(CCN2CCCCC2CNC(=O)c2cc(C)on2)n1. The Hall–Kier alpha value is -2.48. The van der Waals surface area contributed by atoms with Crippen molar-refractivity contribution in [2.75, 3.05) is 19.6 Å². The quantitative estimate of drug-likeness (QED) is 0.831. The zero-order chi connectivity index (χ0) is 18.5. The molecule has 1 aliphatic heterocycles. The van der Waals surface area contributed by atoms with Crippen molar-refractivity contribution >= 4 is 5.91 Å². The van der Waals surface area contributed by atoms with Crippen LogP contribution in [-0.4, -0.2) is 51.4 Å². The first-order valence-electron chi connectivity index (χ1n) is 9.03. The lowest BCUT2D eigenvalue weighted by molar-refractivity contribution is 0.0900. The van der Waals surface area contributed by atoms with Crippen LogP contribution in [0.3, 0.4) is 0 Å². The first-order valence-corrected chi connectivity index (χ1v) is 9.03. The molecule has 3 rings (SSSR count). The number of rotatable bonds is 6. The van der Waals surface area contributed by atoms with Crippen LogP contribution in [0.1, 0.15) is 41.2 Å². The van der Waals surface area contributed by atoms with Crippen LogP contribution in [0.5, 0.6) is 0 Å². The third-order valence-electron chi connectivity index (χ3n) is 4.71. The number of nitrogens with zero attached hydrogens (tertiary/aromatic N) is 4. The largest absolute Gasteiger partial charge is 0.361 e. The Morgan fingerprint density at radius 3 is 2.92 bits per heavy atom. The zero-order valence-corrected chi connectivity index (χ0v) is 15.3. The summed E-state index contributed by atoms with van der Waals surface area (Å²) < 4.78 is 6.46. The molecule has 0 spiro atoms. The van der Waals surface area contributed by atoms with E-state index in [2.05, 4.69) is 20.5 Å². The molecule has 0 radical (unpaired) electrons. The van der Waals surface area contributed by atoms with Crippen molar-refractivity contribution in [3.05, 3.63) is 45.7 Å². The van der Waals surface area contributed by atoms with Gasteiger partial charge >= 0.3 is 0 Å². The van der Waals surface area contributed by atoms with Crippen LogP contribution in [0.4, 0.5) is 0 Å². The Labute approximate surface area is 152 Å².